The van der Waals surface area contributed by atoms with Crippen molar-refractivity contribution in [1.29, 1.82) is 0 Å². The summed E-state index contributed by atoms with van der Waals surface area (Å²) in [6.45, 7) is 2.21. The highest BCUT2D eigenvalue weighted by Gasteiger charge is 2.24. The van der Waals surface area contributed by atoms with Crippen LogP contribution in [0.15, 0.2) is 18.2 Å². The summed E-state index contributed by atoms with van der Waals surface area (Å²) < 4.78 is 0. The maximum absolute atomic E-state index is 12.1. The smallest absolute Gasteiger partial charge is 0.337 e. The van der Waals surface area contributed by atoms with E-state index in [1.165, 1.54) is 12.1 Å². The van der Waals surface area contributed by atoms with Crippen molar-refractivity contribution >= 4 is 29.2 Å². The zero-order chi connectivity index (χ0) is 14.7. The number of aromatic carboxylic acids is 1. The van der Waals surface area contributed by atoms with Crippen LogP contribution >= 0.6 is 11.6 Å². The second-order valence-corrected chi connectivity index (χ2v) is 5.85. The van der Waals surface area contributed by atoms with Crippen LogP contribution in [0.2, 0.25) is 5.02 Å². The van der Waals surface area contributed by atoms with Crippen molar-refractivity contribution in [2.75, 3.05) is 5.32 Å². The van der Waals surface area contributed by atoms with E-state index in [2.05, 4.69) is 12.2 Å². The Kier molecular flexibility index (Phi) is 4.65. The molecule has 1 fully saturated rings. The number of nitrogens with one attached hydrogen (secondary N) is 1. The van der Waals surface area contributed by atoms with Gasteiger partial charge in [0.1, 0.15) is 0 Å². The Morgan fingerprint density at radius 1 is 1.25 bits per heavy atom. The minimum Gasteiger partial charge on any atom is -0.478 e. The summed E-state index contributed by atoms with van der Waals surface area (Å²) in [5.41, 5.74) is 0.583. The standard InChI is InChI=1S/C15H18ClNO3/c1-9-2-4-10(5-3-9)14(18)17-11-6-7-12(15(19)20)13(16)8-11/h6-10H,2-5H2,1H3,(H,17,18)(H,19,20). The molecule has 108 valence electrons. The molecule has 0 unspecified atom stereocenters. The molecule has 1 aliphatic carbocycles. The molecule has 0 saturated heterocycles. The molecule has 1 aromatic carbocycles. The van der Waals surface area contributed by atoms with E-state index >= 15 is 0 Å². The lowest BCUT2D eigenvalue weighted by Crippen LogP contribution is -2.26. The molecule has 0 heterocycles. The van der Waals surface area contributed by atoms with Crippen LogP contribution in [0.3, 0.4) is 0 Å². The van der Waals surface area contributed by atoms with E-state index in [1.54, 1.807) is 6.07 Å². The van der Waals surface area contributed by atoms with Gasteiger partial charge in [-0.15, -0.1) is 0 Å². The molecule has 4 nitrogen and oxygen atoms in total. The molecule has 0 radical (unpaired) electrons. The first-order chi connectivity index (χ1) is 9.47. The normalized spacial score (nSPS) is 22.3. The molecule has 2 rings (SSSR count). The summed E-state index contributed by atoms with van der Waals surface area (Å²) in [7, 11) is 0. The summed E-state index contributed by atoms with van der Waals surface area (Å²) in [6, 6.07) is 4.45. The quantitative estimate of drug-likeness (QED) is 0.891. The molecular formula is C15H18ClNO3. The van der Waals surface area contributed by atoms with Gasteiger partial charge in [-0.2, -0.15) is 0 Å². The summed E-state index contributed by atoms with van der Waals surface area (Å²) in [5.74, 6) is -0.336. The van der Waals surface area contributed by atoms with E-state index in [-0.39, 0.29) is 22.4 Å². The highest BCUT2D eigenvalue weighted by atomic mass is 35.5. The summed E-state index contributed by atoms with van der Waals surface area (Å²) in [4.78, 5) is 23.0. The molecule has 1 aliphatic rings. The number of halogens is 1. The van der Waals surface area contributed by atoms with Gasteiger partial charge in [0.2, 0.25) is 5.91 Å². The lowest BCUT2D eigenvalue weighted by molar-refractivity contribution is -0.121. The third-order valence-electron chi connectivity index (χ3n) is 3.85. The van der Waals surface area contributed by atoms with Gasteiger partial charge in [0, 0.05) is 11.6 Å². The topological polar surface area (TPSA) is 66.4 Å². The maximum atomic E-state index is 12.1. The summed E-state index contributed by atoms with van der Waals surface area (Å²) in [6.07, 6.45) is 3.98. The number of anilines is 1. The number of rotatable bonds is 3. The molecule has 1 saturated carbocycles. The molecule has 0 spiro atoms. The number of benzene rings is 1. The molecule has 0 bridgehead atoms. The first-order valence-corrected chi connectivity index (χ1v) is 7.19. The van der Waals surface area contributed by atoms with Gasteiger partial charge in [0.25, 0.3) is 0 Å². The van der Waals surface area contributed by atoms with Crippen LogP contribution in [0.4, 0.5) is 5.69 Å². The van der Waals surface area contributed by atoms with Gasteiger partial charge >= 0.3 is 5.97 Å². The van der Waals surface area contributed by atoms with Crippen LogP contribution in [-0.2, 0) is 4.79 Å². The number of hydrogen-bond donors (Lipinski definition) is 2. The fraction of sp³-hybridized carbons (Fsp3) is 0.467. The fourth-order valence-electron chi connectivity index (χ4n) is 2.53. The van der Waals surface area contributed by atoms with Crippen molar-refractivity contribution in [2.24, 2.45) is 11.8 Å². The van der Waals surface area contributed by atoms with Crippen LogP contribution in [0.1, 0.15) is 43.0 Å². The average Bonchev–Trinajstić information content (AvgIpc) is 2.39. The number of hydrogen-bond acceptors (Lipinski definition) is 2. The lowest BCUT2D eigenvalue weighted by atomic mass is 9.82. The van der Waals surface area contributed by atoms with E-state index in [9.17, 15) is 9.59 Å². The molecule has 1 aromatic rings. The number of carbonyl (C=O) groups is 2. The van der Waals surface area contributed by atoms with Crippen LogP contribution in [0.25, 0.3) is 0 Å². The molecule has 0 aliphatic heterocycles. The molecular weight excluding hydrogens is 278 g/mol. The molecule has 20 heavy (non-hydrogen) atoms. The van der Waals surface area contributed by atoms with Crippen LogP contribution in [-0.4, -0.2) is 17.0 Å². The molecule has 0 aromatic heterocycles. The number of amides is 1. The van der Waals surface area contributed by atoms with E-state index in [4.69, 9.17) is 16.7 Å². The second kappa shape index (κ2) is 6.27. The Bertz CT molecular complexity index is 522. The predicted octanol–water partition coefficient (Wildman–Crippen LogP) is 3.80. The molecule has 5 heteroatoms. The van der Waals surface area contributed by atoms with Gasteiger partial charge in [-0.1, -0.05) is 18.5 Å². The third kappa shape index (κ3) is 3.51. The Labute approximate surface area is 123 Å². The highest BCUT2D eigenvalue weighted by Crippen LogP contribution is 2.29. The zero-order valence-corrected chi connectivity index (χ0v) is 12.1. The molecule has 1 amide bonds. The van der Waals surface area contributed by atoms with E-state index in [0.717, 1.165) is 25.7 Å². The number of carboxylic acids is 1. The number of carboxylic acid groups (broad SMARTS) is 1. The largest absolute Gasteiger partial charge is 0.478 e. The van der Waals surface area contributed by atoms with E-state index in [0.29, 0.717) is 11.6 Å². The fourth-order valence-corrected chi connectivity index (χ4v) is 2.79. The van der Waals surface area contributed by atoms with Gasteiger partial charge in [0.15, 0.2) is 0 Å². The average molecular weight is 296 g/mol. The van der Waals surface area contributed by atoms with Gasteiger partial charge < -0.3 is 10.4 Å². The van der Waals surface area contributed by atoms with Gasteiger partial charge in [-0.3, -0.25) is 4.79 Å². The minimum atomic E-state index is -1.07. The van der Waals surface area contributed by atoms with Crippen molar-refractivity contribution < 1.29 is 14.7 Å². The first-order valence-electron chi connectivity index (χ1n) is 6.81. The Morgan fingerprint density at radius 3 is 2.45 bits per heavy atom. The Balaban J connectivity index is 2.01. The first kappa shape index (κ1) is 14.9. The Morgan fingerprint density at radius 2 is 1.90 bits per heavy atom. The van der Waals surface area contributed by atoms with Crippen molar-refractivity contribution in [1.82, 2.24) is 0 Å². The van der Waals surface area contributed by atoms with Gasteiger partial charge in [-0.05, 0) is 49.8 Å². The third-order valence-corrected chi connectivity index (χ3v) is 4.17. The van der Waals surface area contributed by atoms with Crippen LogP contribution in [0, 0.1) is 11.8 Å². The van der Waals surface area contributed by atoms with Gasteiger partial charge in [0.05, 0.1) is 10.6 Å². The minimum absolute atomic E-state index is 0.00367. The second-order valence-electron chi connectivity index (χ2n) is 5.45. The van der Waals surface area contributed by atoms with Crippen molar-refractivity contribution in [3.8, 4) is 0 Å². The maximum Gasteiger partial charge on any atom is 0.337 e. The lowest BCUT2D eigenvalue weighted by Gasteiger charge is -2.25. The summed E-state index contributed by atoms with van der Waals surface area (Å²) >= 11 is 5.88. The van der Waals surface area contributed by atoms with Crippen LogP contribution in [0.5, 0.6) is 0 Å². The molecule has 2 N–H and O–H groups in total. The van der Waals surface area contributed by atoms with Gasteiger partial charge in [-0.25, -0.2) is 4.79 Å². The molecule has 0 atom stereocenters. The SMILES string of the molecule is CC1CCC(C(=O)Nc2ccc(C(=O)O)c(Cl)c2)CC1. The van der Waals surface area contributed by atoms with E-state index in [1.807, 2.05) is 0 Å². The highest BCUT2D eigenvalue weighted by molar-refractivity contribution is 6.33. The summed E-state index contributed by atoms with van der Waals surface area (Å²) in [5, 5.41) is 11.8. The predicted molar refractivity (Wildman–Crippen MR) is 78.2 cm³/mol. The Hall–Kier alpha value is -1.55. The van der Waals surface area contributed by atoms with E-state index < -0.39 is 5.97 Å². The van der Waals surface area contributed by atoms with Crippen molar-refractivity contribution in [3.05, 3.63) is 28.8 Å². The monoisotopic (exact) mass is 295 g/mol. The number of carbonyl (C=O) groups excluding carboxylic acids is 1. The van der Waals surface area contributed by atoms with Crippen molar-refractivity contribution in [2.45, 2.75) is 32.6 Å². The van der Waals surface area contributed by atoms with Crippen molar-refractivity contribution in [3.63, 3.8) is 0 Å². The zero-order valence-electron chi connectivity index (χ0n) is 11.4. The van der Waals surface area contributed by atoms with Crippen LogP contribution < -0.4 is 5.32 Å².